The Bertz CT molecular complexity index is 1150. The lowest BCUT2D eigenvalue weighted by Crippen LogP contribution is -2.52. The van der Waals surface area contributed by atoms with Crippen molar-refractivity contribution in [2.45, 2.75) is 64.9 Å². The molecular formula is C31H37BrN2O2S. The predicted octanol–water partition coefficient (Wildman–Crippen LogP) is 6.85. The van der Waals surface area contributed by atoms with Gasteiger partial charge in [-0.25, -0.2) is 0 Å². The summed E-state index contributed by atoms with van der Waals surface area (Å²) in [5.74, 6) is 0.925. The van der Waals surface area contributed by atoms with E-state index in [4.69, 9.17) is 0 Å². The number of halogens is 1. The summed E-state index contributed by atoms with van der Waals surface area (Å²) in [6.45, 7) is 8.61. The number of nitrogens with zero attached hydrogens (tertiary/aromatic N) is 1. The lowest BCUT2D eigenvalue weighted by Gasteiger charge is -2.32. The molecule has 4 nitrogen and oxygen atoms in total. The van der Waals surface area contributed by atoms with E-state index < -0.39 is 6.04 Å². The van der Waals surface area contributed by atoms with E-state index in [-0.39, 0.29) is 17.9 Å². The maximum atomic E-state index is 13.7. The van der Waals surface area contributed by atoms with Crippen LogP contribution < -0.4 is 5.32 Å². The number of carbonyl (C=O) groups excluding carboxylic acids is 2. The molecule has 6 heteroatoms. The normalized spacial score (nSPS) is 12.6. The molecule has 0 aliphatic rings. The zero-order valence-corrected chi connectivity index (χ0v) is 24.6. The summed E-state index contributed by atoms with van der Waals surface area (Å²) in [5.41, 5.74) is 5.69. The van der Waals surface area contributed by atoms with Gasteiger partial charge in [-0.2, -0.15) is 0 Å². The Morgan fingerprint density at radius 2 is 1.57 bits per heavy atom. The highest BCUT2D eigenvalue weighted by Crippen LogP contribution is 2.21. The van der Waals surface area contributed by atoms with Gasteiger partial charge in [0.05, 0.1) is 5.75 Å². The van der Waals surface area contributed by atoms with Crippen molar-refractivity contribution in [3.8, 4) is 0 Å². The van der Waals surface area contributed by atoms with Crippen LogP contribution in [0.5, 0.6) is 0 Å². The molecule has 0 aliphatic carbocycles. The molecule has 0 aliphatic heterocycles. The number of amides is 2. The number of hydrogen-bond donors (Lipinski definition) is 1. The summed E-state index contributed by atoms with van der Waals surface area (Å²) in [7, 11) is 0. The molecule has 1 N–H and O–H groups in total. The van der Waals surface area contributed by atoms with Gasteiger partial charge in [-0.05, 0) is 56.0 Å². The third kappa shape index (κ3) is 9.35. The molecule has 0 saturated carbocycles. The number of nitrogens with one attached hydrogen (secondary N) is 1. The van der Waals surface area contributed by atoms with Gasteiger partial charge in [-0.15, -0.1) is 11.8 Å². The fraction of sp³-hybridized carbons (Fsp3) is 0.355. The van der Waals surface area contributed by atoms with Crippen LogP contribution in [0.1, 0.15) is 48.1 Å². The molecule has 37 heavy (non-hydrogen) atoms. The molecule has 3 aromatic rings. The molecular weight excluding hydrogens is 544 g/mol. The van der Waals surface area contributed by atoms with Gasteiger partial charge < -0.3 is 10.2 Å². The van der Waals surface area contributed by atoms with E-state index in [0.717, 1.165) is 27.8 Å². The van der Waals surface area contributed by atoms with Crippen molar-refractivity contribution in [3.63, 3.8) is 0 Å². The average molecular weight is 582 g/mol. The van der Waals surface area contributed by atoms with Gasteiger partial charge in [0.15, 0.2) is 0 Å². The molecule has 0 bridgehead atoms. The summed E-state index contributed by atoms with van der Waals surface area (Å²) in [4.78, 5) is 29.1. The maximum Gasteiger partial charge on any atom is 0.243 e. The molecule has 3 rings (SSSR count). The number of benzene rings is 3. The van der Waals surface area contributed by atoms with Crippen molar-refractivity contribution in [2.24, 2.45) is 0 Å². The second kappa shape index (κ2) is 14.4. The van der Waals surface area contributed by atoms with Gasteiger partial charge in [-0.3, -0.25) is 9.59 Å². The fourth-order valence-corrected chi connectivity index (χ4v) is 5.38. The quantitative estimate of drug-likeness (QED) is 0.255. The summed E-state index contributed by atoms with van der Waals surface area (Å²) >= 11 is 5.09. The molecule has 0 spiro atoms. The van der Waals surface area contributed by atoms with E-state index in [1.807, 2.05) is 68.4 Å². The number of carbonyl (C=O) groups is 2. The van der Waals surface area contributed by atoms with Crippen molar-refractivity contribution in [3.05, 3.63) is 105 Å². The average Bonchev–Trinajstić information content (AvgIpc) is 2.87. The van der Waals surface area contributed by atoms with Crippen LogP contribution in [0.2, 0.25) is 0 Å². The van der Waals surface area contributed by atoms with Crippen molar-refractivity contribution >= 4 is 39.5 Å². The molecule has 0 heterocycles. The van der Waals surface area contributed by atoms with Crippen molar-refractivity contribution in [1.29, 1.82) is 0 Å². The molecule has 2 atom stereocenters. The Morgan fingerprint density at radius 1 is 0.919 bits per heavy atom. The standard InChI is InChI=1S/C31H37BrN2O2S/c1-5-24(4)33-31(36)29(18-25-9-7-6-8-10-25)34(19-26-11-13-28(32)14-12-26)30(35)21-37-20-27-16-22(2)15-23(3)17-27/h6-17,24,29H,5,18-21H2,1-4H3,(H,33,36). The third-order valence-corrected chi connectivity index (χ3v) is 7.83. The Morgan fingerprint density at radius 3 is 2.19 bits per heavy atom. The summed E-state index contributed by atoms with van der Waals surface area (Å²) < 4.78 is 0.980. The number of rotatable bonds is 12. The van der Waals surface area contributed by atoms with Crippen LogP contribution in [0.25, 0.3) is 0 Å². The molecule has 0 fully saturated rings. The van der Waals surface area contributed by atoms with Crippen LogP contribution in [-0.4, -0.2) is 34.6 Å². The fourth-order valence-electron chi connectivity index (χ4n) is 4.27. The van der Waals surface area contributed by atoms with Crippen LogP contribution in [0.15, 0.2) is 77.3 Å². The zero-order chi connectivity index (χ0) is 26.8. The Labute approximate surface area is 234 Å². The molecule has 0 saturated heterocycles. The summed E-state index contributed by atoms with van der Waals surface area (Å²) in [5, 5.41) is 3.13. The Hall–Kier alpha value is -2.57. The molecule has 196 valence electrons. The van der Waals surface area contributed by atoms with Gasteiger partial charge in [0.2, 0.25) is 11.8 Å². The lowest BCUT2D eigenvalue weighted by atomic mass is 10.0. The van der Waals surface area contributed by atoms with Gasteiger partial charge in [0, 0.05) is 29.2 Å². The molecule has 0 aromatic heterocycles. The first-order valence-corrected chi connectivity index (χ1v) is 14.7. The number of hydrogen-bond acceptors (Lipinski definition) is 3. The van der Waals surface area contributed by atoms with E-state index in [2.05, 4.69) is 53.3 Å². The summed E-state index contributed by atoms with van der Waals surface area (Å²) in [6, 6.07) is 23.8. The van der Waals surface area contributed by atoms with Crippen molar-refractivity contribution in [1.82, 2.24) is 10.2 Å². The minimum absolute atomic E-state index is 0.0301. The first kappa shape index (κ1) is 29.0. The second-order valence-electron chi connectivity index (χ2n) is 9.66. The van der Waals surface area contributed by atoms with Crippen LogP contribution in [0.3, 0.4) is 0 Å². The number of aryl methyl sites for hydroxylation is 2. The Balaban J connectivity index is 1.85. The van der Waals surface area contributed by atoms with E-state index in [9.17, 15) is 9.59 Å². The van der Waals surface area contributed by atoms with Gasteiger partial charge >= 0.3 is 0 Å². The SMILES string of the molecule is CCC(C)NC(=O)C(Cc1ccccc1)N(Cc1ccc(Br)cc1)C(=O)CSCc1cc(C)cc(C)c1. The predicted molar refractivity (Wildman–Crippen MR) is 159 cm³/mol. The second-order valence-corrected chi connectivity index (χ2v) is 11.6. The van der Waals surface area contributed by atoms with Crippen molar-refractivity contribution < 1.29 is 9.59 Å². The van der Waals surface area contributed by atoms with Gasteiger partial charge in [0.1, 0.15) is 6.04 Å². The summed E-state index contributed by atoms with van der Waals surface area (Å²) in [6.07, 6.45) is 1.29. The molecule has 2 unspecified atom stereocenters. The minimum atomic E-state index is -0.602. The third-order valence-electron chi connectivity index (χ3n) is 6.31. The highest BCUT2D eigenvalue weighted by molar-refractivity contribution is 9.10. The molecule has 3 aromatic carbocycles. The zero-order valence-electron chi connectivity index (χ0n) is 22.2. The van der Waals surface area contributed by atoms with E-state index >= 15 is 0 Å². The van der Waals surface area contributed by atoms with Crippen LogP contribution in [0.4, 0.5) is 0 Å². The van der Waals surface area contributed by atoms with Crippen LogP contribution >= 0.6 is 27.7 Å². The Kier molecular flexibility index (Phi) is 11.3. The van der Waals surface area contributed by atoms with Gasteiger partial charge in [0.25, 0.3) is 0 Å². The van der Waals surface area contributed by atoms with Crippen LogP contribution in [-0.2, 0) is 28.3 Å². The van der Waals surface area contributed by atoms with Gasteiger partial charge in [-0.1, -0.05) is 94.6 Å². The highest BCUT2D eigenvalue weighted by atomic mass is 79.9. The molecule has 2 amide bonds. The van der Waals surface area contributed by atoms with E-state index in [1.54, 1.807) is 16.7 Å². The lowest BCUT2D eigenvalue weighted by molar-refractivity contribution is -0.139. The number of thioether (sulfide) groups is 1. The first-order chi connectivity index (χ1) is 17.7. The smallest absolute Gasteiger partial charge is 0.243 e. The monoisotopic (exact) mass is 580 g/mol. The maximum absolute atomic E-state index is 13.7. The first-order valence-electron chi connectivity index (χ1n) is 12.8. The van der Waals surface area contributed by atoms with E-state index in [1.165, 1.54) is 16.7 Å². The van der Waals surface area contributed by atoms with E-state index in [0.29, 0.717) is 18.7 Å². The molecule has 0 radical (unpaired) electrons. The topological polar surface area (TPSA) is 49.4 Å². The van der Waals surface area contributed by atoms with Crippen molar-refractivity contribution in [2.75, 3.05) is 5.75 Å². The van der Waals surface area contributed by atoms with Crippen LogP contribution in [0, 0.1) is 13.8 Å². The largest absolute Gasteiger partial charge is 0.352 e. The minimum Gasteiger partial charge on any atom is -0.352 e. The highest BCUT2D eigenvalue weighted by Gasteiger charge is 2.30.